The van der Waals surface area contributed by atoms with Crippen molar-refractivity contribution in [3.63, 3.8) is 0 Å². The Hall–Kier alpha value is -0.370. The van der Waals surface area contributed by atoms with Gasteiger partial charge >= 0.3 is 0 Å². The van der Waals surface area contributed by atoms with Crippen LogP contribution in [0.25, 0.3) is 0 Å². The summed E-state index contributed by atoms with van der Waals surface area (Å²) >= 11 is 0. The third kappa shape index (κ3) is 2.61. The molecule has 0 spiro atoms. The lowest BCUT2D eigenvalue weighted by molar-refractivity contribution is -0.128. The van der Waals surface area contributed by atoms with Crippen LogP contribution in [0.1, 0.15) is 27.2 Å². The minimum atomic E-state index is -0.547. The Labute approximate surface area is 56.2 Å². The summed E-state index contributed by atoms with van der Waals surface area (Å²) in [6.45, 7) is 6.22. The molecule has 0 aliphatic carbocycles. The monoisotopic (exact) mass is 130 g/mol. The number of hydrogen-bond acceptors (Lipinski definition) is 2. The van der Waals surface area contributed by atoms with Gasteiger partial charge in [0, 0.05) is 6.61 Å². The van der Waals surface area contributed by atoms with Gasteiger partial charge in [0.2, 0.25) is 0 Å². The van der Waals surface area contributed by atoms with Crippen molar-refractivity contribution in [2.45, 2.75) is 32.8 Å². The highest BCUT2D eigenvalue weighted by Gasteiger charge is 2.19. The predicted octanol–water partition coefficient (Wildman–Crippen LogP) is 1.39. The Morgan fingerprint density at radius 1 is 1.56 bits per heavy atom. The molecule has 1 unspecified atom stereocenters. The molecular weight excluding hydrogens is 116 g/mol. The van der Waals surface area contributed by atoms with Crippen LogP contribution in [0.4, 0.5) is 0 Å². The first kappa shape index (κ1) is 8.63. The van der Waals surface area contributed by atoms with Crippen LogP contribution in [0, 0.1) is 0 Å². The van der Waals surface area contributed by atoms with E-state index in [2.05, 4.69) is 0 Å². The summed E-state index contributed by atoms with van der Waals surface area (Å²) in [6.07, 6.45) is 1.60. The topological polar surface area (TPSA) is 26.3 Å². The van der Waals surface area contributed by atoms with Crippen molar-refractivity contribution in [2.75, 3.05) is 6.61 Å². The lowest BCUT2D eigenvalue weighted by atomic mass is 10.1. The van der Waals surface area contributed by atoms with Crippen molar-refractivity contribution in [3.05, 3.63) is 0 Å². The van der Waals surface area contributed by atoms with Crippen LogP contribution in [0.5, 0.6) is 0 Å². The highest BCUT2D eigenvalue weighted by molar-refractivity contribution is 5.61. The lowest BCUT2D eigenvalue weighted by Gasteiger charge is -2.20. The van der Waals surface area contributed by atoms with E-state index in [1.165, 1.54) is 0 Å². The Morgan fingerprint density at radius 2 is 2.11 bits per heavy atom. The van der Waals surface area contributed by atoms with E-state index in [9.17, 15) is 4.79 Å². The second kappa shape index (κ2) is 3.62. The predicted molar refractivity (Wildman–Crippen MR) is 36.4 cm³/mol. The maximum Gasteiger partial charge on any atom is 0.151 e. The average Bonchev–Trinajstić information content (AvgIpc) is 1.89. The molecule has 0 rings (SSSR count). The molecule has 0 saturated carbocycles. The first-order valence-corrected chi connectivity index (χ1v) is 3.28. The number of aldehydes is 1. The van der Waals surface area contributed by atoms with Gasteiger partial charge in [0.25, 0.3) is 0 Å². The SMILES string of the molecule is CCOC(C)(C=O)CC. The van der Waals surface area contributed by atoms with Crippen molar-refractivity contribution < 1.29 is 9.53 Å². The second-order valence-electron chi connectivity index (χ2n) is 2.22. The summed E-state index contributed by atoms with van der Waals surface area (Å²) in [5.74, 6) is 0. The fourth-order valence-corrected chi connectivity index (χ4v) is 0.549. The normalized spacial score (nSPS) is 16.8. The van der Waals surface area contributed by atoms with Crippen LogP contribution in [0.15, 0.2) is 0 Å². The molecule has 0 amide bonds. The van der Waals surface area contributed by atoms with Crippen LogP contribution < -0.4 is 0 Å². The largest absolute Gasteiger partial charge is 0.368 e. The highest BCUT2D eigenvalue weighted by atomic mass is 16.5. The molecule has 0 fully saturated rings. The van der Waals surface area contributed by atoms with Gasteiger partial charge in [0.05, 0.1) is 0 Å². The second-order valence-corrected chi connectivity index (χ2v) is 2.22. The molecule has 1 atom stereocenters. The van der Waals surface area contributed by atoms with E-state index in [4.69, 9.17) is 4.74 Å². The highest BCUT2D eigenvalue weighted by Crippen LogP contribution is 2.10. The van der Waals surface area contributed by atoms with Crippen LogP contribution in [0.3, 0.4) is 0 Å². The number of carbonyl (C=O) groups is 1. The van der Waals surface area contributed by atoms with Gasteiger partial charge in [-0.25, -0.2) is 0 Å². The van der Waals surface area contributed by atoms with Crippen molar-refractivity contribution in [1.29, 1.82) is 0 Å². The van der Waals surface area contributed by atoms with Crippen LogP contribution >= 0.6 is 0 Å². The number of rotatable bonds is 4. The molecule has 0 aromatic heterocycles. The van der Waals surface area contributed by atoms with E-state index in [0.29, 0.717) is 6.61 Å². The molecule has 0 heterocycles. The van der Waals surface area contributed by atoms with Gasteiger partial charge in [-0.05, 0) is 20.3 Å². The van der Waals surface area contributed by atoms with Gasteiger partial charge in [-0.3, -0.25) is 0 Å². The first-order valence-electron chi connectivity index (χ1n) is 3.28. The van der Waals surface area contributed by atoms with E-state index in [0.717, 1.165) is 12.7 Å². The molecule has 54 valence electrons. The van der Waals surface area contributed by atoms with E-state index >= 15 is 0 Å². The summed E-state index contributed by atoms with van der Waals surface area (Å²) in [4.78, 5) is 10.3. The molecule has 0 radical (unpaired) electrons. The van der Waals surface area contributed by atoms with Gasteiger partial charge in [-0.1, -0.05) is 6.92 Å². The van der Waals surface area contributed by atoms with Gasteiger partial charge in [-0.15, -0.1) is 0 Å². The van der Waals surface area contributed by atoms with Crippen LogP contribution in [-0.4, -0.2) is 18.5 Å². The van der Waals surface area contributed by atoms with Crippen LogP contribution in [0.2, 0.25) is 0 Å². The summed E-state index contributed by atoms with van der Waals surface area (Å²) < 4.78 is 5.16. The van der Waals surface area contributed by atoms with E-state index in [1.807, 2.05) is 13.8 Å². The average molecular weight is 130 g/mol. The van der Waals surface area contributed by atoms with Crippen LogP contribution in [-0.2, 0) is 9.53 Å². The van der Waals surface area contributed by atoms with Gasteiger partial charge in [0.15, 0.2) is 6.29 Å². The zero-order chi connectivity index (χ0) is 7.33. The summed E-state index contributed by atoms with van der Waals surface area (Å²) in [5.41, 5.74) is -0.547. The summed E-state index contributed by atoms with van der Waals surface area (Å²) in [5, 5.41) is 0. The van der Waals surface area contributed by atoms with Gasteiger partial charge in [-0.2, -0.15) is 0 Å². The fourth-order valence-electron chi connectivity index (χ4n) is 0.549. The minimum Gasteiger partial charge on any atom is -0.368 e. The molecule has 0 N–H and O–H groups in total. The van der Waals surface area contributed by atoms with E-state index in [1.54, 1.807) is 6.92 Å². The van der Waals surface area contributed by atoms with Crippen molar-refractivity contribution in [3.8, 4) is 0 Å². The summed E-state index contributed by atoms with van der Waals surface area (Å²) in [6, 6.07) is 0. The standard InChI is InChI=1S/C7H14O2/c1-4-7(3,6-8)9-5-2/h6H,4-5H2,1-3H3. The minimum absolute atomic E-state index is 0.547. The van der Waals surface area contributed by atoms with Gasteiger partial charge < -0.3 is 9.53 Å². The van der Waals surface area contributed by atoms with Crippen molar-refractivity contribution >= 4 is 6.29 Å². The maximum absolute atomic E-state index is 10.3. The zero-order valence-electron chi connectivity index (χ0n) is 6.31. The maximum atomic E-state index is 10.3. The summed E-state index contributed by atoms with van der Waals surface area (Å²) in [7, 11) is 0. The van der Waals surface area contributed by atoms with Crippen molar-refractivity contribution in [2.24, 2.45) is 0 Å². The molecule has 2 nitrogen and oxygen atoms in total. The third-order valence-electron chi connectivity index (χ3n) is 1.43. The smallest absolute Gasteiger partial charge is 0.151 e. The molecule has 9 heavy (non-hydrogen) atoms. The lowest BCUT2D eigenvalue weighted by Crippen LogP contribution is -2.29. The zero-order valence-corrected chi connectivity index (χ0v) is 6.31. The number of carbonyl (C=O) groups excluding carboxylic acids is 1. The Bertz CT molecular complexity index is 90.9. The molecule has 0 aromatic carbocycles. The quantitative estimate of drug-likeness (QED) is 0.537. The molecule has 2 heteroatoms. The molecule has 0 aliphatic heterocycles. The Balaban J connectivity index is 3.76. The molecule has 0 aromatic rings. The van der Waals surface area contributed by atoms with Crippen molar-refractivity contribution in [1.82, 2.24) is 0 Å². The molecule has 0 bridgehead atoms. The molecule has 0 saturated heterocycles. The number of ether oxygens (including phenoxy) is 1. The number of hydrogen-bond donors (Lipinski definition) is 0. The molecular formula is C7H14O2. The van der Waals surface area contributed by atoms with Gasteiger partial charge in [0.1, 0.15) is 5.60 Å². The van der Waals surface area contributed by atoms with E-state index < -0.39 is 5.60 Å². The fraction of sp³-hybridized carbons (Fsp3) is 0.857. The third-order valence-corrected chi connectivity index (χ3v) is 1.43. The Kier molecular flexibility index (Phi) is 3.47. The van der Waals surface area contributed by atoms with E-state index in [-0.39, 0.29) is 0 Å². The molecule has 0 aliphatic rings. The first-order chi connectivity index (χ1) is 4.18. The Morgan fingerprint density at radius 3 is 2.22 bits per heavy atom.